The predicted molar refractivity (Wildman–Crippen MR) is 97.9 cm³/mol. The maximum absolute atomic E-state index is 12.0. The molecule has 3 rings (SSSR count). The van der Waals surface area contributed by atoms with E-state index in [1.165, 1.54) is 0 Å². The average molecular weight is 339 g/mol. The first-order chi connectivity index (χ1) is 12.1. The van der Waals surface area contributed by atoms with Crippen molar-refractivity contribution < 1.29 is 14.3 Å². The molecule has 1 saturated carbocycles. The van der Waals surface area contributed by atoms with Crippen LogP contribution in [0.2, 0.25) is 0 Å². The Bertz CT molecular complexity index is 738. The first-order valence-corrected chi connectivity index (χ1v) is 8.23. The van der Waals surface area contributed by atoms with Crippen LogP contribution in [0, 0.1) is 5.92 Å². The third kappa shape index (κ3) is 4.97. The zero-order valence-corrected chi connectivity index (χ0v) is 14.0. The van der Waals surface area contributed by atoms with Gasteiger partial charge in [0.1, 0.15) is 5.75 Å². The van der Waals surface area contributed by atoms with Crippen LogP contribution in [0.4, 0.5) is 17.1 Å². The van der Waals surface area contributed by atoms with Crippen molar-refractivity contribution in [2.75, 3.05) is 29.6 Å². The zero-order chi connectivity index (χ0) is 17.6. The second-order valence-corrected chi connectivity index (χ2v) is 5.97. The minimum Gasteiger partial charge on any atom is -0.497 e. The fourth-order valence-electron chi connectivity index (χ4n) is 2.32. The highest BCUT2D eigenvalue weighted by Gasteiger charge is 2.29. The molecular weight excluding hydrogens is 318 g/mol. The average Bonchev–Trinajstić information content (AvgIpc) is 3.47. The summed E-state index contributed by atoms with van der Waals surface area (Å²) in [4.78, 5) is 23.7. The Morgan fingerprint density at radius 1 is 0.920 bits per heavy atom. The molecule has 0 unspecified atom stereocenters. The van der Waals surface area contributed by atoms with Gasteiger partial charge in [-0.3, -0.25) is 9.59 Å². The van der Waals surface area contributed by atoms with Gasteiger partial charge in [-0.25, -0.2) is 0 Å². The van der Waals surface area contributed by atoms with Gasteiger partial charge in [0, 0.05) is 23.0 Å². The Labute approximate surface area is 146 Å². The first kappa shape index (κ1) is 16.8. The van der Waals surface area contributed by atoms with Gasteiger partial charge in [0.05, 0.1) is 13.7 Å². The van der Waals surface area contributed by atoms with E-state index >= 15 is 0 Å². The number of hydrogen-bond donors (Lipinski definition) is 3. The molecule has 0 bridgehead atoms. The van der Waals surface area contributed by atoms with Crippen LogP contribution < -0.4 is 20.7 Å². The van der Waals surface area contributed by atoms with E-state index in [4.69, 9.17) is 4.74 Å². The van der Waals surface area contributed by atoms with E-state index in [9.17, 15) is 9.59 Å². The molecule has 1 aliphatic carbocycles. The van der Waals surface area contributed by atoms with Crippen LogP contribution in [0.25, 0.3) is 0 Å². The summed E-state index contributed by atoms with van der Waals surface area (Å²) >= 11 is 0. The summed E-state index contributed by atoms with van der Waals surface area (Å²) in [7, 11) is 1.60. The molecule has 1 aliphatic rings. The number of methoxy groups -OCH3 is 1. The lowest BCUT2D eigenvalue weighted by molar-refractivity contribution is -0.117. The van der Waals surface area contributed by atoms with Gasteiger partial charge in [-0.05, 0) is 61.4 Å². The lowest BCUT2D eigenvalue weighted by Gasteiger charge is -2.09. The van der Waals surface area contributed by atoms with Gasteiger partial charge in [-0.2, -0.15) is 0 Å². The molecule has 2 aromatic carbocycles. The standard InChI is InChI=1S/C19H21N3O3/c1-25-17-10-8-15(9-11-17)21-18(23)12-20-14-4-6-16(7-5-14)22-19(24)13-2-3-13/h4-11,13,20H,2-3,12H2,1H3,(H,21,23)(H,22,24). The molecule has 0 spiro atoms. The minimum atomic E-state index is -0.142. The van der Waals surface area contributed by atoms with Crippen LogP contribution in [0.3, 0.4) is 0 Å². The van der Waals surface area contributed by atoms with Gasteiger partial charge in [0.25, 0.3) is 0 Å². The summed E-state index contributed by atoms with van der Waals surface area (Å²) in [5.74, 6) is 0.861. The van der Waals surface area contributed by atoms with Crippen molar-refractivity contribution in [1.29, 1.82) is 0 Å². The lowest BCUT2D eigenvalue weighted by Crippen LogP contribution is -2.21. The third-order valence-electron chi connectivity index (χ3n) is 3.93. The number of ether oxygens (including phenoxy) is 1. The molecule has 0 heterocycles. The number of anilines is 3. The molecule has 6 heteroatoms. The fourth-order valence-corrected chi connectivity index (χ4v) is 2.32. The highest BCUT2D eigenvalue weighted by Crippen LogP contribution is 2.30. The van der Waals surface area contributed by atoms with Crippen LogP contribution >= 0.6 is 0 Å². The van der Waals surface area contributed by atoms with E-state index < -0.39 is 0 Å². The molecule has 3 N–H and O–H groups in total. The molecule has 0 aromatic heterocycles. The van der Waals surface area contributed by atoms with Crippen molar-refractivity contribution in [1.82, 2.24) is 0 Å². The van der Waals surface area contributed by atoms with Crippen molar-refractivity contribution in [3.8, 4) is 5.75 Å². The van der Waals surface area contributed by atoms with Gasteiger partial charge < -0.3 is 20.7 Å². The smallest absolute Gasteiger partial charge is 0.243 e. The largest absolute Gasteiger partial charge is 0.497 e. The number of nitrogens with one attached hydrogen (secondary N) is 3. The molecule has 25 heavy (non-hydrogen) atoms. The van der Waals surface area contributed by atoms with E-state index in [0.29, 0.717) is 5.69 Å². The highest BCUT2D eigenvalue weighted by molar-refractivity contribution is 5.95. The Balaban J connectivity index is 1.45. The second-order valence-electron chi connectivity index (χ2n) is 5.97. The molecule has 130 valence electrons. The Morgan fingerprint density at radius 2 is 1.48 bits per heavy atom. The van der Waals surface area contributed by atoms with Crippen LogP contribution in [-0.4, -0.2) is 25.5 Å². The number of rotatable bonds is 7. The zero-order valence-electron chi connectivity index (χ0n) is 14.0. The van der Waals surface area contributed by atoms with Gasteiger partial charge in [-0.15, -0.1) is 0 Å². The summed E-state index contributed by atoms with van der Waals surface area (Å²) in [6.07, 6.45) is 1.96. The Morgan fingerprint density at radius 3 is 2.08 bits per heavy atom. The molecule has 1 fully saturated rings. The molecule has 0 atom stereocenters. The summed E-state index contributed by atoms with van der Waals surface area (Å²) in [5.41, 5.74) is 2.30. The van der Waals surface area contributed by atoms with Crippen molar-refractivity contribution in [3.63, 3.8) is 0 Å². The van der Waals surface area contributed by atoms with Crippen molar-refractivity contribution in [3.05, 3.63) is 48.5 Å². The van der Waals surface area contributed by atoms with E-state index in [2.05, 4.69) is 16.0 Å². The van der Waals surface area contributed by atoms with Crippen LogP contribution in [0.5, 0.6) is 5.75 Å². The van der Waals surface area contributed by atoms with Crippen molar-refractivity contribution in [2.45, 2.75) is 12.8 Å². The quantitative estimate of drug-likeness (QED) is 0.724. The van der Waals surface area contributed by atoms with Crippen LogP contribution in [0.1, 0.15) is 12.8 Å². The Kier molecular flexibility index (Phi) is 5.18. The molecule has 6 nitrogen and oxygen atoms in total. The van der Waals surface area contributed by atoms with Gasteiger partial charge in [0.2, 0.25) is 11.8 Å². The van der Waals surface area contributed by atoms with E-state index in [0.717, 1.165) is 30.0 Å². The normalized spacial score (nSPS) is 13.0. The summed E-state index contributed by atoms with van der Waals surface area (Å²) in [6, 6.07) is 14.5. The molecule has 2 aromatic rings. The van der Waals surface area contributed by atoms with Crippen molar-refractivity contribution >= 4 is 28.9 Å². The van der Waals surface area contributed by atoms with Crippen LogP contribution in [-0.2, 0) is 9.59 Å². The van der Waals surface area contributed by atoms with Gasteiger partial charge in [0.15, 0.2) is 0 Å². The molecule has 0 aliphatic heterocycles. The number of benzene rings is 2. The van der Waals surface area contributed by atoms with Crippen molar-refractivity contribution in [2.24, 2.45) is 5.92 Å². The molecule has 2 amide bonds. The van der Waals surface area contributed by atoms with E-state index in [-0.39, 0.29) is 24.3 Å². The maximum Gasteiger partial charge on any atom is 0.243 e. The number of carbonyl (C=O) groups is 2. The van der Waals surface area contributed by atoms with Gasteiger partial charge in [-0.1, -0.05) is 0 Å². The molecular formula is C19H21N3O3. The lowest BCUT2D eigenvalue weighted by atomic mass is 10.2. The predicted octanol–water partition coefficient (Wildman–Crippen LogP) is 3.09. The fraction of sp³-hybridized carbons (Fsp3) is 0.263. The Hall–Kier alpha value is -3.02. The first-order valence-electron chi connectivity index (χ1n) is 8.23. The van der Waals surface area contributed by atoms with Crippen LogP contribution in [0.15, 0.2) is 48.5 Å². The van der Waals surface area contributed by atoms with E-state index in [1.54, 1.807) is 31.4 Å². The van der Waals surface area contributed by atoms with E-state index in [1.807, 2.05) is 24.3 Å². The topological polar surface area (TPSA) is 79.5 Å². The summed E-state index contributed by atoms with van der Waals surface area (Å²) in [6.45, 7) is 0.153. The summed E-state index contributed by atoms with van der Waals surface area (Å²) in [5, 5.41) is 8.74. The number of amides is 2. The molecule has 0 saturated heterocycles. The van der Waals surface area contributed by atoms with Gasteiger partial charge >= 0.3 is 0 Å². The summed E-state index contributed by atoms with van der Waals surface area (Å²) < 4.78 is 5.08. The SMILES string of the molecule is COc1ccc(NC(=O)CNc2ccc(NC(=O)C3CC3)cc2)cc1. The monoisotopic (exact) mass is 339 g/mol. The number of hydrogen-bond acceptors (Lipinski definition) is 4. The maximum atomic E-state index is 12.0. The number of carbonyl (C=O) groups excluding carboxylic acids is 2. The second kappa shape index (κ2) is 7.70. The highest BCUT2D eigenvalue weighted by atomic mass is 16.5. The minimum absolute atomic E-state index is 0.0829. The third-order valence-corrected chi connectivity index (χ3v) is 3.93. The molecule has 0 radical (unpaired) electrons.